The Morgan fingerprint density at radius 1 is 0.800 bits per heavy atom. The highest BCUT2D eigenvalue weighted by Crippen LogP contribution is 2.65. The lowest BCUT2D eigenvalue weighted by Gasteiger charge is -2.50. The summed E-state index contributed by atoms with van der Waals surface area (Å²) in [4.78, 5) is 60.8. The van der Waals surface area contributed by atoms with Gasteiger partial charge in [-0.25, -0.2) is 0 Å². The van der Waals surface area contributed by atoms with Gasteiger partial charge in [-0.3, -0.25) is 29.5 Å². The van der Waals surface area contributed by atoms with Gasteiger partial charge in [0.15, 0.2) is 0 Å². The van der Waals surface area contributed by atoms with Gasteiger partial charge in [-0.05, 0) is 97.5 Å². The lowest BCUT2D eigenvalue weighted by Crippen LogP contribution is -2.53. The number of hydrogen-bond acceptors (Lipinski definition) is 8. The van der Waals surface area contributed by atoms with Gasteiger partial charge in [0, 0.05) is 21.5 Å². The summed E-state index contributed by atoms with van der Waals surface area (Å²) in [5.41, 5.74) is 7.18. The molecule has 6 unspecified atom stereocenters. The Morgan fingerprint density at radius 3 is 2.27 bits per heavy atom. The molecule has 60 heavy (non-hydrogen) atoms. The number of fused-ring (bicyclic) bond motifs is 4. The molecule has 2 aliphatic heterocycles. The number of allylic oxidation sites excluding steroid dienone is 2. The molecule has 0 spiro atoms. The SMILES string of the molecule is COc1ccc(OC)c(C=Cc2ccc(N3C(=O)C4CC=C5C(CC6C(=O)N(Nc7ccc(C)cc7)C(=O)C6(c6ccccc6)C5c5cc(Br)ccc5O)C4C3=O)cc2)c1. The second-order valence-electron chi connectivity index (χ2n) is 15.8. The van der Waals surface area contributed by atoms with Gasteiger partial charge in [0.1, 0.15) is 17.2 Å². The van der Waals surface area contributed by atoms with Crippen LogP contribution in [-0.2, 0) is 24.6 Å². The molecule has 5 aromatic rings. The number of amides is 4. The van der Waals surface area contributed by atoms with Crippen molar-refractivity contribution in [3.05, 3.63) is 159 Å². The minimum atomic E-state index is -1.49. The van der Waals surface area contributed by atoms with Gasteiger partial charge in [-0.2, -0.15) is 5.01 Å². The molecule has 2 N–H and O–H groups in total. The third-order valence-corrected chi connectivity index (χ3v) is 13.2. The quantitative estimate of drug-likeness (QED) is 0.0856. The summed E-state index contributed by atoms with van der Waals surface area (Å²) in [5.74, 6) is -4.02. The minimum Gasteiger partial charge on any atom is -0.508 e. The average Bonchev–Trinajstić information content (AvgIpc) is 3.65. The number of aromatic hydroxyl groups is 1. The molecule has 4 amide bonds. The van der Waals surface area contributed by atoms with Gasteiger partial charge >= 0.3 is 0 Å². The number of hydrogen-bond donors (Lipinski definition) is 2. The van der Waals surface area contributed by atoms with Gasteiger partial charge in [-0.1, -0.05) is 99.9 Å². The second kappa shape index (κ2) is 15.3. The summed E-state index contributed by atoms with van der Waals surface area (Å²) in [7, 11) is 3.21. The molecular formula is C49H42BrN3O7. The number of phenols is 1. The van der Waals surface area contributed by atoms with Crippen molar-refractivity contribution in [2.75, 3.05) is 24.5 Å². The monoisotopic (exact) mass is 863 g/mol. The molecule has 0 aromatic heterocycles. The molecular weight excluding hydrogens is 822 g/mol. The summed E-state index contributed by atoms with van der Waals surface area (Å²) < 4.78 is 11.6. The number of nitrogens with zero attached hydrogens (tertiary/aromatic N) is 2. The zero-order chi connectivity index (χ0) is 41.9. The van der Waals surface area contributed by atoms with E-state index in [1.54, 1.807) is 44.6 Å². The van der Waals surface area contributed by atoms with Crippen LogP contribution >= 0.6 is 15.9 Å². The van der Waals surface area contributed by atoms with Crippen molar-refractivity contribution in [3.8, 4) is 17.2 Å². The van der Waals surface area contributed by atoms with E-state index in [0.29, 0.717) is 38.5 Å². The number of anilines is 2. The fourth-order valence-corrected chi connectivity index (χ4v) is 10.4. The molecule has 4 aliphatic rings. The fraction of sp³-hybridized carbons (Fsp3) is 0.224. The molecule has 3 fully saturated rings. The number of imide groups is 2. The number of rotatable bonds is 9. The summed E-state index contributed by atoms with van der Waals surface area (Å²) in [6, 6.07) is 34.6. The van der Waals surface area contributed by atoms with Crippen LogP contribution in [0.15, 0.2) is 131 Å². The van der Waals surface area contributed by atoms with E-state index in [2.05, 4.69) is 21.4 Å². The third kappa shape index (κ3) is 6.22. The lowest BCUT2D eigenvalue weighted by molar-refractivity contribution is -0.138. The Labute approximate surface area is 356 Å². The Kier molecular flexibility index (Phi) is 9.94. The lowest BCUT2D eigenvalue weighted by atomic mass is 9.49. The zero-order valence-electron chi connectivity index (χ0n) is 33.2. The second-order valence-corrected chi connectivity index (χ2v) is 16.8. The average molecular weight is 865 g/mol. The maximum atomic E-state index is 15.4. The predicted octanol–water partition coefficient (Wildman–Crippen LogP) is 8.84. The molecule has 11 heteroatoms. The van der Waals surface area contributed by atoms with Gasteiger partial charge in [0.2, 0.25) is 11.8 Å². The third-order valence-electron chi connectivity index (χ3n) is 12.7. The first-order chi connectivity index (χ1) is 29.0. The van der Waals surface area contributed by atoms with E-state index in [4.69, 9.17) is 9.47 Å². The van der Waals surface area contributed by atoms with Gasteiger partial charge in [0.05, 0.1) is 48.8 Å². The van der Waals surface area contributed by atoms with Crippen LogP contribution < -0.4 is 19.8 Å². The predicted molar refractivity (Wildman–Crippen MR) is 232 cm³/mol. The van der Waals surface area contributed by atoms with Crippen molar-refractivity contribution in [2.45, 2.75) is 31.1 Å². The van der Waals surface area contributed by atoms with Gasteiger partial charge in [0.25, 0.3) is 11.8 Å². The van der Waals surface area contributed by atoms with E-state index < -0.39 is 46.8 Å². The largest absolute Gasteiger partial charge is 0.508 e. The topological polar surface area (TPSA) is 125 Å². The summed E-state index contributed by atoms with van der Waals surface area (Å²) in [6.07, 6.45) is 6.22. The minimum absolute atomic E-state index is 0.0411. The van der Waals surface area contributed by atoms with Crippen LogP contribution in [0.25, 0.3) is 12.2 Å². The number of hydrazine groups is 1. The van der Waals surface area contributed by atoms with Crippen molar-refractivity contribution >= 4 is 63.1 Å². The molecule has 302 valence electrons. The van der Waals surface area contributed by atoms with Gasteiger partial charge < -0.3 is 14.6 Å². The van der Waals surface area contributed by atoms with E-state index in [1.165, 1.54) is 4.90 Å². The molecule has 10 nitrogen and oxygen atoms in total. The Hall–Kier alpha value is -6.46. The van der Waals surface area contributed by atoms with Crippen LogP contribution in [0.5, 0.6) is 17.2 Å². The number of carbonyl (C=O) groups is 4. The van der Waals surface area contributed by atoms with E-state index in [9.17, 15) is 19.5 Å². The number of aryl methyl sites for hydroxylation is 1. The van der Waals surface area contributed by atoms with Crippen molar-refractivity contribution in [1.29, 1.82) is 0 Å². The number of ether oxygens (including phenoxy) is 2. The first-order valence-electron chi connectivity index (χ1n) is 19.9. The highest BCUT2D eigenvalue weighted by molar-refractivity contribution is 9.10. The van der Waals surface area contributed by atoms with Crippen LogP contribution in [0.1, 0.15) is 46.6 Å². The Morgan fingerprint density at radius 2 is 1.55 bits per heavy atom. The highest BCUT2D eigenvalue weighted by Gasteiger charge is 2.70. The van der Waals surface area contributed by atoms with Crippen LogP contribution in [0.2, 0.25) is 0 Å². The van der Waals surface area contributed by atoms with E-state index in [-0.39, 0.29) is 30.4 Å². The number of phenolic OH excluding ortho intramolecular Hbond substituents is 1. The van der Waals surface area contributed by atoms with Crippen LogP contribution in [-0.4, -0.2) is 48.0 Å². The van der Waals surface area contributed by atoms with Crippen molar-refractivity contribution in [1.82, 2.24) is 5.01 Å². The molecule has 2 heterocycles. The van der Waals surface area contributed by atoms with Gasteiger partial charge in [-0.15, -0.1) is 0 Å². The molecule has 6 atom stereocenters. The molecule has 5 aromatic carbocycles. The number of benzene rings is 5. The number of halogens is 1. The summed E-state index contributed by atoms with van der Waals surface area (Å²) in [5, 5.41) is 12.8. The summed E-state index contributed by atoms with van der Waals surface area (Å²) in [6.45, 7) is 1.96. The van der Waals surface area contributed by atoms with E-state index in [1.807, 2.05) is 110 Å². The standard InChI is InChI=1S/C49H42BrN3O7/c1-28-9-16-33(17-10-28)51-53-46(56)40-27-38-36(44(39-26-32(50)15-23-41(39)54)49(40,48(53)58)31-7-5-4-6-8-31)21-22-37-43(38)47(57)52(45(37)55)34-18-12-29(13-19-34)11-14-30-25-35(59-2)20-24-42(30)60-3/h4-21,23-26,37-38,40,43-44,51,54H,22,27H2,1-3H3. The molecule has 9 rings (SSSR count). The highest BCUT2D eigenvalue weighted by atomic mass is 79.9. The molecule has 0 radical (unpaired) electrons. The van der Waals surface area contributed by atoms with E-state index >= 15 is 4.79 Å². The zero-order valence-corrected chi connectivity index (χ0v) is 34.8. The first-order valence-corrected chi connectivity index (χ1v) is 20.7. The van der Waals surface area contributed by atoms with Crippen LogP contribution in [0, 0.1) is 30.6 Å². The number of methoxy groups -OCH3 is 2. The molecule has 2 aliphatic carbocycles. The smallest absolute Gasteiger partial charge is 0.260 e. The van der Waals surface area contributed by atoms with Crippen LogP contribution in [0.3, 0.4) is 0 Å². The van der Waals surface area contributed by atoms with Crippen molar-refractivity contribution in [2.24, 2.45) is 23.7 Å². The van der Waals surface area contributed by atoms with Crippen LogP contribution in [0.4, 0.5) is 11.4 Å². The Bertz CT molecular complexity index is 2610. The number of carbonyl (C=O) groups excluding carboxylic acids is 4. The van der Waals surface area contributed by atoms with Crippen molar-refractivity contribution < 1.29 is 33.8 Å². The molecule has 1 saturated carbocycles. The molecule has 2 saturated heterocycles. The summed E-state index contributed by atoms with van der Waals surface area (Å²) >= 11 is 3.60. The van der Waals surface area contributed by atoms with E-state index in [0.717, 1.165) is 27.3 Å². The molecule has 0 bridgehead atoms. The normalized spacial score (nSPS) is 24.6. The van der Waals surface area contributed by atoms with Crippen molar-refractivity contribution in [3.63, 3.8) is 0 Å². The maximum absolute atomic E-state index is 15.4. The number of nitrogens with one attached hydrogen (secondary N) is 1. The first kappa shape index (κ1) is 39.0. The maximum Gasteiger partial charge on any atom is 0.260 e. The fourth-order valence-electron chi connectivity index (χ4n) is 9.99. The Balaban J connectivity index is 1.11.